The Labute approximate surface area is 149 Å². The van der Waals surface area contributed by atoms with E-state index in [0.717, 1.165) is 30.1 Å². The zero-order valence-corrected chi connectivity index (χ0v) is 15.8. The molecule has 1 aromatic carbocycles. The summed E-state index contributed by atoms with van der Waals surface area (Å²) in [4.78, 5) is 17.3. The van der Waals surface area contributed by atoms with Crippen LogP contribution < -0.4 is 0 Å². The minimum Gasteiger partial charge on any atom is -0.332 e. The van der Waals surface area contributed by atoms with Gasteiger partial charge < -0.3 is 4.90 Å². The Hall–Kier alpha value is -1.40. The summed E-state index contributed by atoms with van der Waals surface area (Å²) >= 11 is 0. The van der Waals surface area contributed by atoms with Gasteiger partial charge in [0.25, 0.3) is 5.91 Å². The van der Waals surface area contributed by atoms with E-state index in [1.165, 1.54) is 12.8 Å². The van der Waals surface area contributed by atoms with Gasteiger partial charge in [-0.25, -0.2) is 8.42 Å². The first-order valence-electron chi connectivity index (χ1n) is 9.16. The molecule has 5 nitrogen and oxygen atoms in total. The van der Waals surface area contributed by atoms with Crippen LogP contribution in [0.2, 0.25) is 0 Å². The monoisotopic (exact) mass is 362 g/mol. The van der Waals surface area contributed by atoms with Crippen LogP contribution in [0.3, 0.4) is 0 Å². The fourth-order valence-electron chi connectivity index (χ4n) is 4.40. The van der Waals surface area contributed by atoms with Crippen molar-refractivity contribution in [1.82, 2.24) is 9.80 Å². The quantitative estimate of drug-likeness (QED) is 0.820. The van der Waals surface area contributed by atoms with Gasteiger partial charge in [0.15, 0.2) is 9.84 Å². The van der Waals surface area contributed by atoms with Crippen LogP contribution in [-0.2, 0) is 9.84 Å². The molecule has 0 aromatic heterocycles. The lowest BCUT2D eigenvalue weighted by molar-refractivity contribution is 0.0318. The number of amides is 1. The van der Waals surface area contributed by atoms with Crippen LogP contribution in [-0.4, -0.2) is 67.3 Å². The van der Waals surface area contributed by atoms with Crippen molar-refractivity contribution >= 4 is 15.7 Å². The molecule has 25 heavy (non-hydrogen) atoms. The first-order valence-corrected chi connectivity index (χ1v) is 11.0. The number of benzene rings is 1. The Balaban J connectivity index is 1.60. The van der Waals surface area contributed by atoms with Gasteiger partial charge in [-0.15, -0.1) is 0 Å². The molecular formula is C19H26N2O3S. The van der Waals surface area contributed by atoms with Crippen molar-refractivity contribution in [3.05, 3.63) is 34.9 Å². The second-order valence-corrected chi connectivity index (χ2v) is 10.2. The number of hydrogen-bond donors (Lipinski definition) is 0. The molecule has 1 aromatic rings. The van der Waals surface area contributed by atoms with Crippen LogP contribution in [0.1, 0.15) is 34.3 Å². The summed E-state index contributed by atoms with van der Waals surface area (Å²) < 4.78 is 24.6. The molecule has 1 saturated carbocycles. The lowest BCUT2D eigenvalue weighted by Crippen LogP contribution is -2.60. The molecule has 2 aliphatic heterocycles. The number of carbonyl (C=O) groups is 1. The summed E-state index contributed by atoms with van der Waals surface area (Å²) in [6, 6.07) is 5.63. The molecule has 1 aliphatic carbocycles. The van der Waals surface area contributed by atoms with Gasteiger partial charge >= 0.3 is 0 Å². The number of sulfone groups is 1. The van der Waals surface area contributed by atoms with Crippen molar-refractivity contribution in [1.29, 1.82) is 0 Å². The summed E-state index contributed by atoms with van der Waals surface area (Å²) in [5.41, 5.74) is 2.80. The smallest absolute Gasteiger partial charge is 0.254 e. The molecule has 3 aliphatic rings. The van der Waals surface area contributed by atoms with E-state index < -0.39 is 9.84 Å². The molecule has 2 heterocycles. The van der Waals surface area contributed by atoms with E-state index in [1.807, 2.05) is 36.9 Å². The van der Waals surface area contributed by atoms with Gasteiger partial charge in [0.2, 0.25) is 0 Å². The Kier molecular flexibility index (Phi) is 4.15. The fourth-order valence-corrected chi connectivity index (χ4v) is 6.41. The van der Waals surface area contributed by atoms with Gasteiger partial charge in [-0.3, -0.25) is 9.69 Å². The summed E-state index contributed by atoms with van der Waals surface area (Å²) in [6.45, 7) is 6.36. The number of piperazine rings is 1. The molecule has 0 bridgehead atoms. The van der Waals surface area contributed by atoms with Crippen molar-refractivity contribution in [2.75, 3.05) is 31.1 Å². The highest BCUT2D eigenvalue weighted by Crippen LogP contribution is 2.34. The van der Waals surface area contributed by atoms with Gasteiger partial charge in [0, 0.05) is 31.2 Å². The van der Waals surface area contributed by atoms with Gasteiger partial charge in [-0.2, -0.15) is 0 Å². The van der Waals surface area contributed by atoms with Crippen molar-refractivity contribution < 1.29 is 13.2 Å². The standard InChI is InChI=1S/C19H26N2O3S/c1-13-7-14(2)9-16(8-13)19(22)21-6-5-20(10-15-3-4-15)17-11-25(23,24)12-18(17)21/h7-9,15,17-18H,3-6,10-12H2,1-2H3/t17-,18+/m1/s1. The van der Waals surface area contributed by atoms with Crippen molar-refractivity contribution in [3.63, 3.8) is 0 Å². The van der Waals surface area contributed by atoms with Crippen LogP contribution in [0.25, 0.3) is 0 Å². The number of aryl methyl sites for hydroxylation is 2. The van der Waals surface area contributed by atoms with Gasteiger partial charge in [-0.05, 0) is 44.7 Å². The Bertz CT molecular complexity index is 781. The number of fused-ring (bicyclic) bond motifs is 1. The highest BCUT2D eigenvalue weighted by Gasteiger charge is 2.48. The first kappa shape index (κ1) is 17.0. The lowest BCUT2D eigenvalue weighted by atomic mass is 10.0. The maximum atomic E-state index is 13.1. The molecule has 0 N–H and O–H groups in total. The van der Waals surface area contributed by atoms with E-state index in [9.17, 15) is 13.2 Å². The largest absolute Gasteiger partial charge is 0.332 e. The molecule has 2 saturated heterocycles. The molecule has 0 unspecified atom stereocenters. The molecule has 6 heteroatoms. The average Bonchev–Trinajstić information content (AvgIpc) is 3.26. The third-order valence-electron chi connectivity index (χ3n) is 5.71. The molecule has 0 spiro atoms. The predicted molar refractivity (Wildman–Crippen MR) is 97.5 cm³/mol. The maximum Gasteiger partial charge on any atom is 0.254 e. The van der Waals surface area contributed by atoms with E-state index >= 15 is 0 Å². The summed E-state index contributed by atoms with van der Waals surface area (Å²) in [7, 11) is -3.08. The highest BCUT2D eigenvalue weighted by atomic mass is 32.2. The molecule has 2 atom stereocenters. The van der Waals surface area contributed by atoms with Crippen molar-refractivity contribution in [3.8, 4) is 0 Å². The molecular weight excluding hydrogens is 336 g/mol. The molecule has 1 amide bonds. The predicted octanol–water partition coefficient (Wildman–Crippen LogP) is 1.64. The van der Waals surface area contributed by atoms with Crippen LogP contribution in [0.5, 0.6) is 0 Å². The lowest BCUT2D eigenvalue weighted by Gasteiger charge is -2.44. The number of rotatable bonds is 3. The number of carbonyl (C=O) groups excluding carboxylic acids is 1. The third-order valence-corrected chi connectivity index (χ3v) is 7.41. The normalized spacial score (nSPS) is 28.8. The minimum atomic E-state index is -3.08. The van der Waals surface area contributed by atoms with Crippen LogP contribution >= 0.6 is 0 Å². The maximum absolute atomic E-state index is 13.1. The van der Waals surface area contributed by atoms with E-state index in [1.54, 1.807) is 0 Å². The van der Waals surface area contributed by atoms with Crippen LogP contribution in [0.15, 0.2) is 18.2 Å². The minimum absolute atomic E-state index is 0.0232. The Morgan fingerprint density at radius 3 is 2.32 bits per heavy atom. The van der Waals surface area contributed by atoms with E-state index in [4.69, 9.17) is 0 Å². The summed E-state index contributed by atoms with van der Waals surface area (Å²) in [6.07, 6.45) is 2.51. The second kappa shape index (κ2) is 6.09. The number of nitrogens with zero attached hydrogens (tertiary/aromatic N) is 2. The fraction of sp³-hybridized carbons (Fsp3) is 0.632. The summed E-state index contributed by atoms with van der Waals surface area (Å²) in [5, 5.41) is 0. The highest BCUT2D eigenvalue weighted by molar-refractivity contribution is 7.91. The average molecular weight is 362 g/mol. The van der Waals surface area contributed by atoms with Gasteiger partial charge in [-0.1, -0.05) is 17.2 Å². The topological polar surface area (TPSA) is 57.7 Å². The van der Waals surface area contributed by atoms with Gasteiger partial charge in [0.05, 0.1) is 17.5 Å². The Morgan fingerprint density at radius 1 is 1.04 bits per heavy atom. The third kappa shape index (κ3) is 3.47. The summed E-state index contributed by atoms with van der Waals surface area (Å²) in [5.74, 6) is 1.01. The Morgan fingerprint density at radius 2 is 1.68 bits per heavy atom. The molecule has 4 rings (SSSR count). The molecule has 0 radical (unpaired) electrons. The van der Waals surface area contributed by atoms with Gasteiger partial charge in [0.1, 0.15) is 0 Å². The van der Waals surface area contributed by atoms with E-state index in [-0.39, 0.29) is 29.5 Å². The molecule has 136 valence electrons. The second-order valence-electron chi connectivity index (χ2n) is 8.02. The zero-order chi connectivity index (χ0) is 17.8. The van der Waals surface area contributed by atoms with Crippen molar-refractivity contribution in [2.45, 2.75) is 38.8 Å². The van der Waals surface area contributed by atoms with E-state index in [2.05, 4.69) is 4.90 Å². The SMILES string of the molecule is Cc1cc(C)cc(C(=O)N2CCN(CC3CC3)[C@@H]3CS(=O)(=O)C[C@@H]32)c1. The van der Waals surface area contributed by atoms with Crippen LogP contribution in [0.4, 0.5) is 0 Å². The van der Waals surface area contributed by atoms with Crippen molar-refractivity contribution in [2.24, 2.45) is 5.92 Å². The number of hydrogen-bond acceptors (Lipinski definition) is 4. The van der Waals surface area contributed by atoms with E-state index in [0.29, 0.717) is 12.1 Å². The molecule has 3 fully saturated rings. The zero-order valence-electron chi connectivity index (χ0n) is 14.9. The first-order chi connectivity index (χ1) is 11.8. The van der Waals surface area contributed by atoms with Crippen LogP contribution in [0, 0.1) is 19.8 Å².